The van der Waals surface area contributed by atoms with Crippen LogP contribution in [0.25, 0.3) is 0 Å². The van der Waals surface area contributed by atoms with Crippen molar-refractivity contribution < 1.29 is 9.13 Å². The standard InChI is InChI=1S/C15H15FN2OS/c1-10-13(16)7-4-8-14(10)18-15(20)17-11-5-3-6-12(9-11)19-2/h3-9H,1-2H3,(H2,17,18,20). The van der Waals surface area contributed by atoms with Crippen molar-refractivity contribution in [2.24, 2.45) is 0 Å². The summed E-state index contributed by atoms with van der Waals surface area (Å²) in [7, 11) is 1.60. The molecule has 0 radical (unpaired) electrons. The lowest BCUT2D eigenvalue weighted by molar-refractivity contribution is 0.415. The average molecular weight is 290 g/mol. The Morgan fingerprint density at radius 3 is 2.65 bits per heavy atom. The molecule has 0 heterocycles. The monoisotopic (exact) mass is 290 g/mol. The van der Waals surface area contributed by atoms with E-state index in [9.17, 15) is 4.39 Å². The van der Waals surface area contributed by atoms with Crippen molar-refractivity contribution in [2.75, 3.05) is 17.7 Å². The maximum Gasteiger partial charge on any atom is 0.175 e. The molecule has 2 aromatic rings. The minimum Gasteiger partial charge on any atom is -0.497 e. The summed E-state index contributed by atoms with van der Waals surface area (Å²) in [6, 6.07) is 12.2. The predicted octanol–water partition coefficient (Wildman–Crippen LogP) is 3.95. The van der Waals surface area contributed by atoms with Crippen molar-refractivity contribution in [1.29, 1.82) is 0 Å². The highest BCUT2D eigenvalue weighted by atomic mass is 32.1. The van der Waals surface area contributed by atoms with Gasteiger partial charge in [0.2, 0.25) is 0 Å². The molecule has 0 saturated carbocycles. The number of rotatable bonds is 3. The van der Waals surface area contributed by atoms with Crippen LogP contribution in [0.15, 0.2) is 42.5 Å². The Bertz CT molecular complexity index is 631. The molecule has 0 fully saturated rings. The van der Waals surface area contributed by atoms with Crippen molar-refractivity contribution in [3.8, 4) is 5.75 Å². The summed E-state index contributed by atoms with van der Waals surface area (Å²) >= 11 is 5.21. The molecule has 3 nitrogen and oxygen atoms in total. The van der Waals surface area contributed by atoms with Crippen LogP contribution in [-0.4, -0.2) is 12.2 Å². The van der Waals surface area contributed by atoms with Gasteiger partial charge in [-0.25, -0.2) is 4.39 Å². The molecule has 20 heavy (non-hydrogen) atoms. The summed E-state index contributed by atoms with van der Waals surface area (Å²) in [6.45, 7) is 1.70. The van der Waals surface area contributed by atoms with Gasteiger partial charge in [0, 0.05) is 23.0 Å². The van der Waals surface area contributed by atoms with Gasteiger partial charge in [0.15, 0.2) is 5.11 Å². The lowest BCUT2D eigenvalue weighted by atomic mass is 10.2. The lowest BCUT2D eigenvalue weighted by Crippen LogP contribution is -2.19. The molecule has 0 aliphatic carbocycles. The molecule has 0 saturated heterocycles. The van der Waals surface area contributed by atoms with Crippen molar-refractivity contribution in [3.63, 3.8) is 0 Å². The Morgan fingerprint density at radius 2 is 1.90 bits per heavy atom. The highest BCUT2D eigenvalue weighted by Crippen LogP contribution is 2.19. The zero-order chi connectivity index (χ0) is 14.5. The fourth-order valence-corrected chi connectivity index (χ4v) is 1.96. The Morgan fingerprint density at radius 1 is 1.15 bits per heavy atom. The van der Waals surface area contributed by atoms with Gasteiger partial charge in [0.1, 0.15) is 11.6 Å². The van der Waals surface area contributed by atoms with Gasteiger partial charge in [-0.1, -0.05) is 12.1 Å². The first-order valence-corrected chi connectivity index (χ1v) is 6.48. The largest absolute Gasteiger partial charge is 0.497 e. The Hall–Kier alpha value is -2.14. The first-order chi connectivity index (χ1) is 9.60. The van der Waals surface area contributed by atoms with Crippen LogP contribution < -0.4 is 15.4 Å². The SMILES string of the molecule is COc1cccc(NC(=S)Nc2cccc(F)c2C)c1. The van der Waals surface area contributed by atoms with Crippen molar-refractivity contribution in [2.45, 2.75) is 6.92 Å². The molecule has 2 aromatic carbocycles. The molecule has 0 unspecified atom stereocenters. The fraction of sp³-hybridized carbons (Fsp3) is 0.133. The zero-order valence-electron chi connectivity index (χ0n) is 11.2. The summed E-state index contributed by atoms with van der Waals surface area (Å²) in [5.74, 6) is 0.471. The topological polar surface area (TPSA) is 33.3 Å². The van der Waals surface area contributed by atoms with Gasteiger partial charge in [0.05, 0.1) is 7.11 Å². The number of benzene rings is 2. The van der Waals surface area contributed by atoms with Crippen molar-refractivity contribution >= 4 is 28.7 Å². The minimum absolute atomic E-state index is 0.265. The van der Waals surface area contributed by atoms with E-state index in [1.54, 1.807) is 26.2 Å². The lowest BCUT2D eigenvalue weighted by Gasteiger charge is -2.13. The van der Waals surface area contributed by atoms with Crippen LogP contribution in [0, 0.1) is 12.7 Å². The van der Waals surface area contributed by atoms with Crippen LogP contribution >= 0.6 is 12.2 Å². The van der Waals surface area contributed by atoms with Crippen LogP contribution in [0.5, 0.6) is 5.75 Å². The minimum atomic E-state index is -0.265. The van der Waals surface area contributed by atoms with Gasteiger partial charge in [-0.3, -0.25) is 0 Å². The summed E-state index contributed by atoms with van der Waals surface area (Å²) in [5, 5.41) is 6.40. The maximum absolute atomic E-state index is 13.4. The third-order valence-corrected chi connectivity index (χ3v) is 3.05. The Balaban J connectivity index is 2.07. The first kappa shape index (κ1) is 14.3. The summed E-state index contributed by atoms with van der Waals surface area (Å²) in [5.41, 5.74) is 1.98. The van der Waals surface area contributed by atoms with Gasteiger partial charge in [-0.2, -0.15) is 0 Å². The number of hydrogen-bond donors (Lipinski definition) is 2. The van der Waals surface area contributed by atoms with E-state index in [0.29, 0.717) is 16.4 Å². The van der Waals surface area contributed by atoms with Gasteiger partial charge < -0.3 is 15.4 Å². The van der Waals surface area contributed by atoms with Crippen LogP contribution in [0.1, 0.15) is 5.56 Å². The van der Waals surface area contributed by atoms with Crippen LogP contribution in [-0.2, 0) is 0 Å². The molecule has 0 aromatic heterocycles. The van der Waals surface area contributed by atoms with E-state index < -0.39 is 0 Å². The molecule has 2 N–H and O–H groups in total. The highest BCUT2D eigenvalue weighted by Gasteiger charge is 2.05. The number of methoxy groups -OCH3 is 1. The number of halogens is 1. The van der Waals surface area contributed by atoms with E-state index in [2.05, 4.69) is 10.6 Å². The van der Waals surface area contributed by atoms with Gasteiger partial charge in [-0.15, -0.1) is 0 Å². The molecule has 5 heteroatoms. The second-order valence-corrected chi connectivity index (χ2v) is 4.63. The number of hydrogen-bond acceptors (Lipinski definition) is 2. The summed E-state index contributed by atoms with van der Waals surface area (Å²) < 4.78 is 18.6. The number of ether oxygens (including phenoxy) is 1. The third-order valence-electron chi connectivity index (χ3n) is 2.84. The second kappa shape index (κ2) is 6.34. The van der Waals surface area contributed by atoms with Crippen LogP contribution in [0.4, 0.5) is 15.8 Å². The van der Waals surface area contributed by atoms with E-state index in [1.165, 1.54) is 6.07 Å². The zero-order valence-corrected chi connectivity index (χ0v) is 12.1. The smallest absolute Gasteiger partial charge is 0.175 e. The van der Waals surface area contributed by atoms with Gasteiger partial charge in [-0.05, 0) is 43.4 Å². The van der Waals surface area contributed by atoms with Gasteiger partial charge in [0.25, 0.3) is 0 Å². The molecular weight excluding hydrogens is 275 g/mol. The number of nitrogens with one attached hydrogen (secondary N) is 2. The molecule has 2 rings (SSSR count). The molecule has 0 bridgehead atoms. The van der Waals surface area contributed by atoms with E-state index in [4.69, 9.17) is 17.0 Å². The highest BCUT2D eigenvalue weighted by molar-refractivity contribution is 7.80. The summed E-state index contributed by atoms with van der Waals surface area (Å²) in [6.07, 6.45) is 0. The predicted molar refractivity (Wildman–Crippen MR) is 84.0 cm³/mol. The van der Waals surface area contributed by atoms with Gasteiger partial charge >= 0.3 is 0 Å². The third kappa shape index (κ3) is 3.45. The number of thiocarbonyl (C=S) groups is 1. The normalized spacial score (nSPS) is 9.95. The van der Waals surface area contributed by atoms with Crippen molar-refractivity contribution in [1.82, 2.24) is 0 Å². The fourth-order valence-electron chi connectivity index (χ4n) is 1.73. The molecule has 0 amide bonds. The van der Waals surface area contributed by atoms with E-state index in [0.717, 1.165) is 11.4 Å². The first-order valence-electron chi connectivity index (χ1n) is 6.07. The second-order valence-electron chi connectivity index (χ2n) is 4.22. The molecule has 0 aliphatic rings. The van der Waals surface area contributed by atoms with Crippen LogP contribution in [0.3, 0.4) is 0 Å². The molecule has 0 aliphatic heterocycles. The maximum atomic E-state index is 13.4. The average Bonchev–Trinajstić information content (AvgIpc) is 2.44. The number of anilines is 2. The molecule has 0 spiro atoms. The van der Waals surface area contributed by atoms with Crippen LogP contribution in [0.2, 0.25) is 0 Å². The van der Waals surface area contributed by atoms with E-state index in [1.807, 2.05) is 24.3 Å². The van der Waals surface area contributed by atoms with E-state index in [-0.39, 0.29) is 5.82 Å². The van der Waals surface area contributed by atoms with Crippen molar-refractivity contribution in [3.05, 3.63) is 53.8 Å². The summed E-state index contributed by atoms with van der Waals surface area (Å²) in [4.78, 5) is 0. The molecular formula is C15H15FN2OS. The molecule has 0 atom stereocenters. The van der Waals surface area contributed by atoms with E-state index >= 15 is 0 Å². The Labute approximate surface area is 122 Å². The quantitative estimate of drug-likeness (QED) is 0.839. The molecule has 104 valence electrons. The Kier molecular flexibility index (Phi) is 4.53.